The summed E-state index contributed by atoms with van der Waals surface area (Å²) in [5, 5.41) is 3.64. The van der Waals surface area contributed by atoms with Crippen LogP contribution in [0.4, 0.5) is 0 Å². The van der Waals surface area contributed by atoms with Crippen LogP contribution in [0.5, 0.6) is 0 Å². The SMILES string of the molecule is CC(=O)c1cnoc1-c1ccccc1Br. The maximum absolute atomic E-state index is 11.3. The molecule has 0 amide bonds. The first-order valence-corrected chi connectivity index (χ1v) is 5.20. The first-order valence-electron chi connectivity index (χ1n) is 4.40. The summed E-state index contributed by atoms with van der Waals surface area (Å²) >= 11 is 3.40. The summed E-state index contributed by atoms with van der Waals surface area (Å²) < 4.78 is 5.97. The van der Waals surface area contributed by atoms with Crippen molar-refractivity contribution in [2.24, 2.45) is 0 Å². The Hall–Kier alpha value is -1.42. The second-order valence-electron chi connectivity index (χ2n) is 3.10. The average molecular weight is 266 g/mol. The molecule has 0 aliphatic heterocycles. The largest absolute Gasteiger partial charge is 0.355 e. The van der Waals surface area contributed by atoms with Crippen LogP contribution in [0.15, 0.2) is 39.5 Å². The molecule has 0 fully saturated rings. The molecule has 0 saturated carbocycles. The van der Waals surface area contributed by atoms with E-state index in [1.165, 1.54) is 13.1 Å². The van der Waals surface area contributed by atoms with E-state index in [2.05, 4.69) is 21.1 Å². The van der Waals surface area contributed by atoms with Gasteiger partial charge in [0.2, 0.25) is 0 Å². The number of ketones is 1. The third-order valence-electron chi connectivity index (χ3n) is 2.07. The molecular weight excluding hydrogens is 258 g/mol. The zero-order valence-corrected chi connectivity index (χ0v) is 9.61. The Labute approximate surface area is 95.2 Å². The van der Waals surface area contributed by atoms with E-state index in [1.54, 1.807) is 0 Å². The smallest absolute Gasteiger partial charge is 0.178 e. The average Bonchev–Trinajstić information content (AvgIpc) is 2.67. The quantitative estimate of drug-likeness (QED) is 0.783. The van der Waals surface area contributed by atoms with Crippen LogP contribution in [0.2, 0.25) is 0 Å². The van der Waals surface area contributed by atoms with Crippen LogP contribution in [0, 0.1) is 0 Å². The molecule has 0 radical (unpaired) electrons. The van der Waals surface area contributed by atoms with Gasteiger partial charge in [-0.05, 0) is 19.1 Å². The van der Waals surface area contributed by atoms with E-state index in [9.17, 15) is 4.79 Å². The van der Waals surface area contributed by atoms with E-state index in [-0.39, 0.29) is 5.78 Å². The first-order chi connectivity index (χ1) is 7.20. The lowest BCUT2D eigenvalue weighted by molar-refractivity contribution is 0.101. The molecule has 2 rings (SSSR count). The molecule has 0 N–H and O–H groups in total. The van der Waals surface area contributed by atoms with Gasteiger partial charge in [-0.2, -0.15) is 0 Å². The van der Waals surface area contributed by atoms with Crippen LogP contribution in [-0.2, 0) is 0 Å². The van der Waals surface area contributed by atoms with Crippen LogP contribution in [0.1, 0.15) is 17.3 Å². The number of halogens is 1. The lowest BCUT2D eigenvalue weighted by Crippen LogP contribution is -1.92. The Kier molecular flexibility index (Phi) is 2.68. The number of carbonyl (C=O) groups is 1. The fraction of sp³-hybridized carbons (Fsp3) is 0.0909. The van der Waals surface area contributed by atoms with Gasteiger partial charge in [-0.25, -0.2) is 0 Å². The molecule has 4 heteroatoms. The predicted molar refractivity (Wildman–Crippen MR) is 59.6 cm³/mol. The molecule has 0 aliphatic rings. The summed E-state index contributed by atoms with van der Waals surface area (Å²) in [4.78, 5) is 11.3. The molecule has 0 bridgehead atoms. The second kappa shape index (κ2) is 3.98. The van der Waals surface area contributed by atoms with Crippen molar-refractivity contribution in [1.29, 1.82) is 0 Å². The molecule has 2 aromatic rings. The number of hydrogen-bond acceptors (Lipinski definition) is 3. The first kappa shape index (κ1) is 10.1. The zero-order chi connectivity index (χ0) is 10.8. The van der Waals surface area contributed by atoms with Gasteiger partial charge in [0.15, 0.2) is 11.5 Å². The number of Topliss-reactive ketones (excluding diaryl/α,β-unsaturated/α-hetero) is 1. The number of rotatable bonds is 2. The third kappa shape index (κ3) is 1.85. The molecule has 76 valence electrons. The van der Waals surface area contributed by atoms with Crippen molar-refractivity contribution in [3.8, 4) is 11.3 Å². The molecule has 0 spiro atoms. The number of hydrogen-bond donors (Lipinski definition) is 0. The Balaban J connectivity index is 2.59. The monoisotopic (exact) mass is 265 g/mol. The van der Waals surface area contributed by atoms with E-state index in [4.69, 9.17) is 4.52 Å². The van der Waals surface area contributed by atoms with Gasteiger partial charge in [0, 0.05) is 10.0 Å². The number of carbonyl (C=O) groups excluding carboxylic acids is 1. The molecule has 1 aromatic carbocycles. The maximum Gasteiger partial charge on any atom is 0.178 e. The lowest BCUT2D eigenvalue weighted by Gasteiger charge is -2.00. The Morgan fingerprint density at radius 2 is 2.13 bits per heavy atom. The van der Waals surface area contributed by atoms with Crippen LogP contribution < -0.4 is 0 Å². The Morgan fingerprint density at radius 1 is 1.40 bits per heavy atom. The fourth-order valence-corrected chi connectivity index (χ4v) is 1.79. The number of aromatic nitrogens is 1. The van der Waals surface area contributed by atoms with Gasteiger partial charge >= 0.3 is 0 Å². The van der Waals surface area contributed by atoms with Crippen LogP contribution in [0.3, 0.4) is 0 Å². The number of nitrogens with zero attached hydrogens (tertiary/aromatic N) is 1. The van der Waals surface area contributed by atoms with Gasteiger partial charge in [-0.1, -0.05) is 33.2 Å². The van der Waals surface area contributed by atoms with Gasteiger partial charge in [0.25, 0.3) is 0 Å². The third-order valence-corrected chi connectivity index (χ3v) is 2.76. The molecule has 0 saturated heterocycles. The highest BCUT2D eigenvalue weighted by Gasteiger charge is 2.15. The molecule has 0 atom stereocenters. The topological polar surface area (TPSA) is 43.1 Å². The summed E-state index contributed by atoms with van der Waals surface area (Å²) in [6.07, 6.45) is 1.44. The van der Waals surface area contributed by atoms with E-state index in [0.717, 1.165) is 10.0 Å². The summed E-state index contributed by atoms with van der Waals surface area (Å²) in [6, 6.07) is 7.54. The van der Waals surface area contributed by atoms with Crippen molar-refractivity contribution in [3.05, 3.63) is 40.5 Å². The molecular formula is C11H8BrNO2. The van der Waals surface area contributed by atoms with Crippen molar-refractivity contribution >= 4 is 21.7 Å². The maximum atomic E-state index is 11.3. The van der Waals surface area contributed by atoms with E-state index in [1.807, 2.05) is 24.3 Å². The minimum Gasteiger partial charge on any atom is -0.355 e. The van der Waals surface area contributed by atoms with Crippen molar-refractivity contribution in [3.63, 3.8) is 0 Å². The minimum atomic E-state index is -0.0537. The summed E-state index contributed by atoms with van der Waals surface area (Å²) in [6.45, 7) is 1.49. The highest BCUT2D eigenvalue weighted by molar-refractivity contribution is 9.10. The van der Waals surface area contributed by atoms with Crippen molar-refractivity contribution in [2.75, 3.05) is 0 Å². The van der Waals surface area contributed by atoms with Gasteiger partial charge in [-0.3, -0.25) is 4.79 Å². The Morgan fingerprint density at radius 3 is 2.80 bits per heavy atom. The highest BCUT2D eigenvalue weighted by atomic mass is 79.9. The molecule has 15 heavy (non-hydrogen) atoms. The highest BCUT2D eigenvalue weighted by Crippen LogP contribution is 2.30. The number of benzene rings is 1. The van der Waals surface area contributed by atoms with E-state index in [0.29, 0.717) is 11.3 Å². The Bertz CT molecular complexity index is 505. The van der Waals surface area contributed by atoms with Crippen LogP contribution in [0.25, 0.3) is 11.3 Å². The summed E-state index contributed by atoms with van der Waals surface area (Å²) in [5.74, 6) is 0.456. The van der Waals surface area contributed by atoms with Gasteiger partial charge in [-0.15, -0.1) is 0 Å². The van der Waals surface area contributed by atoms with Crippen molar-refractivity contribution in [1.82, 2.24) is 5.16 Å². The van der Waals surface area contributed by atoms with Gasteiger partial charge in [0.1, 0.15) is 0 Å². The molecule has 0 aliphatic carbocycles. The second-order valence-corrected chi connectivity index (χ2v) is 3.96. The molecule has 3 nitrogen and oxygen atoms in total. The van der Waals surface area contributed by atoms with Crippen LogP contribution >= 0.6 is 15.9 Å². The van der Waals surface area contributed by atoms with Crippen molar-refractivity contribution in [2.45, 2.75) is 6.92 Å². The molecule has 1 aromatic heterocycles. The van der Waals surface area contributed by atoms with Gasteiger partial charge < -0.3 is 4.52 Å². The van der Waals surface area contributed by atoms with Crippen LogP contribution in [-0.4, -0.2) is 10.9 Å². The van der Waals surface area contributed by atoms with E-state index >= 15 is 0 Å². The predicted octanol–water partition coefficient (Wildman–Crippen LogP) is 3.31. The minimum absolute atomic E-state index is 0.0537. The van der Waals surface area contributed by atoms with E-state index < -0.39 is 0 Å². The van der Waals surface area contributed by atoms with Gasteiger partial charge in [0.05, 0.1) is 11.8 Å². The standard InChI is InChI=1S/C11H8BrNO2/c1-7(14)9-6-13-15-11(9)8-4-2-3-5-10(8)12/h2-6H,1H3. The summed E-state index contributed by atoms with van der Waals surface area (Å²) in [7, 11) is 0. The van der Waals surface area contributed by atoms with Crippen molar-refractivity contribution < 1.29 is 9.32 Å². The lowest BCUT2D eigenvalue weighted by atomic mass is 10.1. The zero-order valence-electron chi connectivity index (χ0n) is 8.03. The summed E-state index contributed by atoms with van der Waals surface area (Å²) in [5.41, 5.74) is 1.34. The molecule has 1 heterocycles. The molecule has 0 unspecified atom stereocenters. The fourth-order valence-electron chi connectivity index (χ4n) is 1.33. The normalized spacial score (nSPS) is 10.3.